The van der Waals surface area contributed by atoms with Gasteiger partial charge in [-0.1, -0.05) is 6.07 Å². The van der Waals surface area contributed by atoms with E-state index in [2.05, 4.69) is 26.2 Å². The molecule has 2 aromatic rings. The van der Waals surface area contributed by atoms with Crippen LogP contribution >= 0.6 is 15.9 Å². The Labute approximate surface area is 111 Å². The zero-order chi connectivity index (χ0) is 13.1. The van der Waals surface area contributed by atoms with Crippen molar-refractivity contribution in [2.45, 2.75) is 0 Å². The number of aromatic amines is 1. The summed E-state index contributed by atoms with van der Waals surface area (Å²) in [6, 6.07) is 7.98. The van der Waals surface area contributed by atoms with Gasteiger partial charge in [-0.3, -0.25) is 4.79 Å². The second-order valence-electron chi connectivity index (χ2n) is 3.51. The summed E-state index contributed by atoms with van der Waals surface area (Å²) < 4.78 is 0.516. The first-order valence-corrected chi connectivity index (χ1v) is 5.85. The van der Waals surface area contributed by atoms with Crippen LogP contribution in [0.2, 0.25) is 0 Å². The van der Waals surface area contributed by atoms with E-state index >= 15 is 0 Å². The molecule has 1 aromatic carbocycles. The lowest BCUT2D eigenvalue weighted by atomic mass is 10.2. The first-order chi connectivity index (χ1) is 8.59. The lowest BCUT2D eigenvalue weighted by Crippen LogP contribution is -2.15. The number of carboxylic acid groups (broad SMARTS) is 1. The van der Waals surface area contributed by atoms with Crippen LogP contribution in [0.15, 0.2) is 41.0 Å². The van der Waals surface area contributed by atoms with Crippen LogP contribution in [0, 0.1) is 0 Å². The minimum Gasteiger partial charge on any atom is -0.478 e. The number of aromatic nitrogens is 1. The van der Waals surface area contributed by atoms with Gasteiger partial charge in [0, 0.05) is 10.7 Å². The molecule has 0 aliphatic heterocycles. The molecule has 0 unspecified atom stereocenters. The van der Waals surface area contributed by atoms with Crippen LogP contribution in [0.25, 0.3) is 0 Å². The maximum absolute atomic E-state index is 11.8. The van der Waals surface area contributed by atoms with Crippen LogP contribution in [0.1, 0.15) is 20.8 Å². The molecule has 0 saturated carbocycles. The molecule has 18 heavy (non-hydrogen) atoms. The molecule has 1 amide bonds. The molecule has 92 valence electrons. The number of benzene rings is 1. The van der Waals surface area contributed by atoms with E-state index in [0.29, 0.717) is 10.2 Å². The minimum atomic E-state index is -1.10. The van der Waals surface area contributed by atoms with Crippen molar-refractivity contribution in [2.24, 2.45) is 0 Å². The molecule has 5 nitrogen and oxygen atoms in total. The third kappa shape index (κ3) is 2.43. The van der Waals surface area contributed by atoms with Crippen molar-refractivity contribution < 1.29 is 14.7 Å². The first-order valence-electron chi connectivity index (χ1n) is 5.06. The van der Waals surface area contributed by atoms with E-state index in [1.807, 2.05) is 0 Å². The zero-order valence-corrected chi connectivity index (χ0v) is 10.7. The molecular formula is C12H9BrN2O3. The van der Waals surface area contributed by atoms with Gasteiger partial charge in [0.15, 0.2) is 0 Å². The van der Waals surface area contributed by atoms with Crippen molar-refractivity contribution in [2.75, 3.05) is 5.32 Å². The largest absolute Gasteiger partial charge is 0.478 e. The Balaban J connectivity index is 2.34. The van der Waals surface area contributed by atoms with Gasteiger partial charge in [-0.15, -0.1) is 0 Å². The summed E-state index contributed by atoms with van der Waals surface area (Å²) in [5, 5.41) is 11.6. The molecule has 0 radical (unpaired) electrons. The minimum absolute atomic E-state index is 0.0317. The molecule has 0 aliphatic rings. The topological polar surface area (TPSA) is 82.2 Å². The predicted octanol–water partition coefficient (Wildman–Crippen LogP) is 2.73. The number of carbonyl (C=O) groups is 2. The number of anilines is 1. The Morgan fingerprint density at radius 1 is 1.22 bits per heavy atom. The third-order valence-electron chi connectivity index (χ3n) is 2.33. The average molecular weight is 309 g/mol. The second-order valence-corrected chi connectivity index (χ2v) is 4.36. The fourth-order valence-corrected chi connectivity index (χ4v) is 1.95. The molecule has 0 saturated heterocycles. The maximum Gasteiger partial charge on any atom is 0.337 e. The summed E-state index contributed by atoms with van der Waals surface area (Å²) in [6.07, 6.45) is 1.62. The van der Waals surface area contributed by atoms with Crippen molar-refractivity contribution in [1.29, 1.82) is 0 Å². The molecule has 0 fully saturated rings. The highest BCUT2D eigenvalue weighted by Crippen LogP contribution is 2.26. The third-order valence-corrected chi connectivity index (χ3v) is 2.99. The van der Waals surface area contributed by atoms with Gasteiger partial charge in [-0.2, -0.15) is 0 Å². The van der Waals surface area contributed by atoms with Crippen LogP contribution in [-0.4, -0.2) is 22.0 Å². The van der Waals surface area contributed by atoms with E-state index in [1.54, 1.807) is 30.5 Å². The number of para-hydroxylation sites is 1. The Hall–Kier alpha value is -2.08. The number of H-pyrrole nitrogens is 1. The van der Waals surface area contributed by atoms with Gasteiger partial charge in [0.05, 0.1) is 11.3 Å². The number of rotatable bonds is 3. The molecule has 0 bridgehead atoms. The highest BCUT2D eigenvalue weighted by Gasteiger charge is 2.16. The van der Waals surface area contributed by atoms with E-state index in [1.165, 1.54) is 6.07 Å². The predicted molar refractivity (Wildman–Crippen MR) is 69.8 cm³/mol. The van der Waals surface area contributed by atoms with E-state index in [0.717, 1.165) is 0 Å². The van der Waals surface area contributed by atoms with Gasteiger partial charge in [0.25, 0.3) is 5.91 Å². The van der Waals surface area contributed by atoms with Gasteiger partial charge in [0.1, 0.15) is 5.69 Å². The van der Waals surface area contributed by atoms with E-state index < -0.39 is 11.9 Å². The molecule has 3 N–H and O–H groups in total. The van der Waals surface area contributed by atoms with Crippen molar-refractivity contribution in [3.63, 3.8) is 0 Å². The van der Waals surface area contributed by atoms with Crippen LogP contribution in [-0.2, 0) is 0 Å². The summed E-state index contributed by atoms with van der Waals surface area (Å²) in [5.41, 5.74) is 0.635. The first kappa shape index (κ1) is 12.4. The monoisotopic (exact) mass is 308 g/mol. The lowest BCUT2D eigenvalue weighted by Gasteiger charge is -2.09. The molecule has 1 aromatic heterocycles. The van der Waals surface area contributed by atoms with E-state index in [-0.39, 0.29) is 11.3 Å². The van der Waals surface area contributed by atoms with Crippen LogP contribution < -0.4 is 5.32 Å². The number of carboxylic acids is 1. The van der Waals surface area contributed by atoms with Gasteiger partial charge >= 0.3 is 5.97 Å². The Bertz CT molecular complexity index is 593. The lowest BCUT2D eigenvalue weighted by molar-refractivity contribution is 0.0698. The van der Waals surface area contributed by atoms with Gasteiger partial charge in [0.2, 0.25) is 0 Å². The summed E-state index contributed by atoms with van der Waals surface area (Å²) in [6.45, 7) is 0. The van der Waals surface area contributed by atoms with Crippen molar-refractivity contribution in [3.8, 4) is 0 Å². The van der Waals surface area contributed by atoms with Crippen molar-refractivity contribution >= 4 is 33.5 Å². The van der Waals surface area contributed by atoms with Crippen LogP contribution in [0.5, 0.6) is 0 Å². The summed E-state index contributed by atoms with van der Waals surface area (Å²) in [4.78, 5) is 25.7. The van der Waals surface area contributed by atoms with Gasteiger partial charge in [-0.25, -0.2) is 4.79 Å². The SMILES string of the molecule is O=C(Nc1c(Br)cccc1C(=O)O)c1ccc[nH]1. The van der Waals surface area contributed by atoms with Crippen LogP contribution in [0.3, 0.4) is 0 Å². The molecule has 0 spiro atoms. The molecular weight excluding hydrogens is 300 g/mol. The number of nitrogens with one attached hydrogen (secondary N) is 2. The van der Waals surface area contributed by atoms with Crippen LogP contribution in [0.4, 0.5) is 5.69 Å². The fourth-order valence-electron chi connectivity index (χ4n) is 1.48. The quantitative estimate of drug-likeness (QED) is 0.815. The number of aromatic carboxylic acids is 1. The highest BCUT2D eigenvalue weighted by atomic mass is 79.9. The van der Waals surface area contributed by atoms with Crippen molar-refractivity contribution in [3.05, 3.63) is 52.3 Å². The normalized spacial score (nSPS) is 10.1. The number of amides is 1. The highest BCUT2D eigenvalue weighted by molar-refractivity contribution is 9.10. The van der Waals surface area contributed by atoms with E-state index in [4.69, 9.17) is 5.11 Å². The Morgan fingerprint density at radius 3 is 2.61 bits per heavy atom. The van der Waals surface area contributed by atoms with Crippen molar-refractivity contribution in [1.82, 2.24) is 4.98 Å². The molecule has 1 heterocycles. The number of carbonyl (C=O) groups excluding carboxylic acids is 1. The smallest absolute Gasteiger partial charge is 0.337 e. The summed E-state index contributed by atoms with van der Waals surface area (Å²) >= 11 is 3.22. The Morgan fingerprint density at radius 2 is 2.00 bits per heavy atom. The molecule has 6 heteroatoms. The second kappa shape index (κ2) is 5.05. The van der Waals surface area contributed by atoms with Gasteiger partial charge < -0.3 is 15.4 Å². The van der Waals surface area contributed by atoms with E-state index in [9.17, 15) is 9.59 Å². The summed E-state index contributed by atoms with van der Waals surface area (Å²) in [7, 11) is 0. The number of halogens is 1. The van der Waals surface area contributed by atoms with Gasteiger partial charge in [-0.05, 0) is 40.2 Å². The zero-order valence-electron chi connectivity index (χ0n) is 9.11. The maximum atomic E-state index is 11.8. The standard InChI is InChI=1S/C12H9BrN2O3/c13-8-4-1-3-7(12(17)18)10(8)15-11(16)9-5-2-6-14-9/h1-6,14H,(H,15,16)(H,17,18). The molecule has 0 aliphatic carbocycles. The molecule has 2 rings (SSSR count). The molecule has 0 atom stereocenters. The number of hydrogen-bond donors (Lipinski definition) is 3. The average Bonchev–Trinajstić information content (AvgIpc) is 2.85. The number of hydrogen-bond acceptors (Lipinski definition) is 2. The summed E-state index contributed by atoms with van der Waals surface area (Å²) in [5.74, 6) is -1.49. The fraction of sp³-hybridized carbons (Fsp3) is 0. The Kier molecular flexibility index (Phi) is 3.47.